The van der Waals surface area contributed by atoms with Crippen LogP contribution in [0.5, 0.6) is 0 Å². The molecule has 3 nitrogen and oxygen atoms in total. The quantitative estimate of drug-likeness (QED) is 0.780. The highest BCUT2D eigenvalue weighted by atomic mass is 32.2. The van der Waals surface area contributed by atoms with Crippen LogP contribution >= 0.6 is 0 Å². The molecule has 0 bridgehead atoms. The molecule has 0 amide bonds. The van der Waals surface area contributed by atoms with Crippen LogP contribution in [-0.2, 0) is 15.7 Å². The summed E-state index contributed by atoms with van der Waals surface area (Å²) in [6.07, 6.45) is 0. The van der Waals surface area contributed by atoms with Crippen molar-refractivity contribution in [3.05, 3.63) is 0 Å². The molecule has 2 unspecified atom stereocenters. The first-order valence-electron chi connectivity index (χ1n) is 5.01. The van der Waals surface area contributed by atoms with E-state index >= 15 is 0 Å². The highest BCUT2D eigenvalue weighted by molar-refractivity contribution is 7.84. The lowest BCUT2D eigenvalue weighted by atomic mass is 9.82. The maximum absolute atomic E-state index is 11.8. The van der Waals surface area contributed by atoms with Gasteiger partial charge in [0.15, 0.2) is 0 Å². The van der Waals surface area contributed by atoms with E-state index in [9.17, 15) is 4.21 Å². The van der Waals surface area contributed by atoms with Gasteiger partial charge in [-0.15, -0.1) is 0 Å². The third-order valence-corrected chi connectivity index (χ3v) is 4.43. The summed E-state index contributed by atoms with van der Waals surface area (Å²) in [4.78, 5) is 0. The van der Waals surface area contributed by atoms with Crippen LogP contribution in [-0.4, -0.2) is 28.2 Å². The van der Waals surface area contributed by atoms with E-state index in [-0.39, 0.29) is 16.2 Å². The van der Waals surface area contributed by atoms with E-state index in [1.54, 1.807) is 0 Å². The molecular weight excluding hydrogens is 198 g/mol. The van der Waals surface area contributed by atoms with E-state index in [1.165, 1.54) is 0 Å². The Kier molecular flexibility index (Phi) is 3.39. The molecule has 84 valence electrons. The molecule has 0 aliphatic carbocycles. The standard InChI is InChI=1S/C10H21NO2S/c1-8(10(5)6-13-7-10)11-14(12)9(2,3)4/h8,11H,6-7H2,1-5H3. The summed E-state index contributed by atoms with van der Waals surface area (Å²) < 4.78 is 20.0. The molecule has 2 atom stereocenters. The maximum atomic E-state index is 11.8. The van der Waals surface area contributed by atoms with Crippen LogP contribution in [0.4, 0.5) is 0 Å². The Hall–Kier alpha value is 0.0700. The summed E-state index contributed by atoms with van der Waals surface area (Å²) in [5.41, 5.74) is 0.154. The predicted octanol–water partition coefficient (Wildman–Crippen LogP) is 1.46. The third-order valence-electron chi connectivity index (χ3n) is 2.75. The molecule has 1 saturated heterocycles. The molecule has 14 heavy (non-hydrogen) atoms. The van der Waals surface area contributed by atoms with Crippen LogP contribution in [0, 0.1) is 5.41 Å². The van der Waals surface area contributed by atoms with Gasteiger partial charge >= 0.3 is 0 Å². The van der Waals surface area contributed by atoms with E-state index in [0.717, 1.165) is 13.2 Å². The molecule has 0 aromatic rings. The second-order valence-electron chi connectivity index (χ2n) is 5.37. The number of hydrogen-bond acceptors (Lipinski definition) is 2. The summed E-state index contributed by atoms with van der Waals surface area (Å²) in [6, 6.07) is 0.233. The van der Waals surface area contributed by atoms with Crippen LogP contribution < -0.4 is 4.72 Å². The first kappa shape index (κ1) is 12.1. The lowest BCUT2D eigenvalue weighted by Crippen LogP contribution is -2.55. The largest absolute Gasteiger partial charge is 0.380 e. The van der Waals surface area contributed by atoms with Gasteiger partial charge in [0.2, 0.25) is 0 Å². The van der Waals surface area contributed by atoms with Gasteiger partial charge in [-0.3, -0.25) is 0 Å². The molecule has 1 N–H and O–H groups in total. The monoisotopic (exact) mass is 219 g/mol. The third kappa shape index (κ3) is 2.55. The molecular formula is C10H21NO2S. The zero-order chi connectivity index (χ0) is 11.0. The molecule has 1 aliphatic heterocycles. The fourth-order valence-electron chi connectivity index (χ4n) is 1.15. The maximum Gasteiger partial charge on any atom is 0.0972 e. The predicted molar refractivity (Wildman–Crippen MR) is 59.4 cm³/mol. The normalized spacial score (nSPS) is 25.2. The number of ether oxygens (including phenoxy) is 1. The average molecular weight is 219 g/mol. The summed E-state index contributed by atoms with van der Waals surface area (Å²) in [5, 5.41) is 0. The molecule has 1 heterocycles. The van der Waals surface area contributed by atoms with Gasteiger partial charge < -0.3 is 4.74 Å². The zero-order valence-electron chi connectivity index (χ0n) is 9.72. The van der Waals surface area contributed by atoms with Crippen LogP contribution in [0.2, 0.25) is 0 Å². The van der Waals surface area contributed by atoms with E-state index in [4.69, 9.17) is 4.74 Å². The van der Waals surface area contributed by atoms with Crippen LogP contribution in [0.15, 0.2) is 0 Å². The number of nitrogens with one attached hydrogen (secondary N) is 1. The van der Waals surface area contributed by atoms with Crippen molar-refractivity contribution in [2.24, 2.45) is 5.41 Å². The van der Waals surface area contributed by atoms with Gasteiger partial charge in [-0.1, -0.05) is 6.92 Å². The Morgan fingerprint density at radius 1 is 1.43 bits per heavy atom. The van der Waals surface area contributed by atoms with Crippen molar-refractivity contribution in [2.45, 2.75) is 45.4 Å². The van der Waals surface area contributed by atoms with Crippen molar-refractivity contribution in [1.29, 1.82) is 0 Å². The zero-order valence-corrected chi connectivity index (χ0v) is 10.5. The van der Waals surface area contributed by atoms with Crippen molar-refractivity contribution in [1.82, 2.24) is 4.72 Å². The lowest BCUT2D eigenvalue weighted by molar-refractivity contribution is -0.114. The Morgan fingerprint density at radius 2 is 1.93 bits per heavy atom. The van der Waals surface area contributed by atoms with Crippen LogP contribution in [0.3, 0.4) is 0 Å². The van der Waals surface area contributed by atoms with Crippen molar-refractivity contribution in [3.63, 3.8) is 0 Å². The molecule has 1 aliphatic rings. The summed E-state index contributed by atoms with van der Waals surface area (Å²) in [7, 11) is -0.987. The van der Waals surface area contributed by atoms with Crippen molar-refractivity contribution >= 4 is 11.0 Å². The second-order valence-corrected chi connectivity index (χ2v) is 7.37. The molecule has 0 aromatic carbocycles. The van der Waals surface area contributed by atoms with Gasteiger partial charge in [0.1, 0.15) is 0 Å². The minimum atomic E-state index is -0.987. The second kappa shape index (κ2) is 3.91. The molecule has 0 aromatic heterocycles. The van der Waals surface area contributed by atoms with E-state index < -0.39 is 11.0 Å². The van der Waals surface area contributed by atoms with E-state index in [1.807, 2.05) is 20.8 Å². The molecule has 4 heteroatoms. The van der Waals surface area contributed by atoms with Gasteiger partial charge in [-0.05, 0) is 27.7 Å². The smallest absolute Gasteiger partial charge is 0.0972 e. The Morgan fingerprint density at radius 3 is 2.21 bits per heavy atom. The Bertz CT molecular complexity index is 231. The average Bonchev–Trinajstić information content (AvgIpc) is 1.98. The Balaban J connectivity index is 2.48. The van der Waals surface area contributed by atoms with Gasteiger partial charge in [0.25, 0.3) is 0 Å². The SMILES string of the molecule is CC(NS(=O)C(C)(C)C)C1(C)COC1. The molecule has 1 rings (SSSR count). The fraction of sp³-hybridized carbons (Fsp3) is 1.00. The highest BCUT2D eigenvalue weighted by Crippen LogP contribution is 2.31. The fourth-order valence-corrected chi connectivity index (χ4v) is 2.11. The first-order valence-corrected chi connectivity index (χ1v) is 6.16. The van der Waals surface area contributed by atoms with Crippen LogP contribution in [0.1, 0.15) is 34.6 Å². The minimum absolute atomic E-state index is 0.154. The van der Waals surface area contributed by atoms with Gasteiger partial charge in [-0.2, -0.15) is 0 Å². The van der Waals surface area contributed by atoms with E-state index in [0.29, 0.717) is 0 Å². The molecule has 0 radical (unpaired) electrons. The van der Waals surface area contributed by atoms with Crippen molar-refractivity contribution < 1.29 is 8.95 Å². The van der Waals surface area contributed by atoms with Gasteiger partial charge in [0.05, 0.1) is 28.9 Å². The van der Waals surface area contributed by atoms with Gasteiger partial charge in [-0.25, -0.2) is 8.93 Å². The minimum Gasteiger partial charge on any atom is -0.380 e. The lowest BCUT2D eigenvalue weighted by Gasteiger charge is -2.43. The van der Waals surface area contributed by atoms with E-state index in [2.05, 4.69) is 18.6 Å². The summed E-state index contributed by atoms with van der Waals surface area (Å²) in [6.45, 7) is 11.7. The summed E-state index contributed by atoms with van der Waals surface area (Å²) in [5.74, 6) is 0. The van der Waals surface area contributed by atoms with Gasteiger partial charge in [0, 0.05) is 11.5 Å². The van der Waals surface area contributed by atoms with Crippen LogP contribution in [0.25, 0.3) is 0 Å². The topological polar surface area (TPSA) is 38.3 Å². The summed E-state index contributed by atoms with van der Waals surface area (Å²) >= 11 is 0. The highest BCUT2D eigenvalue weighted by Gasteiger charge is 2.40. The number of hydrogen-bond donors (Lipinski definition) is 1. The Labute approximate surface area is 89.2 Å². The molecule has 0 spiro atoms. The number of rotatable bonds is 3. The first-order chi connectivity index (χ1) is 6.26. The van der Waals surface area contributed by atoms with Crippen molar-refractivity contribution in [2.75, 3.05) is 13.2 Å². The molecule has 0 saturated carbocycles. The van der Waals surface area contributed by atoms with Crippen molar-refractivity contribution in [3.8, 4) is 0 Å². The molecule has 1 fully saturated rings.